The van der Waals surface area contributed by atoms with Crippen molar-refractivity contribution in [2.75, 3.05) is 14.1 Å². The fraction of sp³-hybridized carbons (Fsp3) is 0.727. The van der Waals surface area contributed by atoms with Gasteiger partial charge in [0.15, 0.2) is 5.16 Å². The van der Waals surface area contributed by atoms with E-state index in [2.05, 4.69) is 17.1 Å². The third-order valence-corrected chi connectivity index (χ3v) is 3.61. The molecule has 0 unspecified atom stereocenters. The Morgan fingerprint density at radius 2 is 2.22 bits per heavy atom. The molecule has 1 rings (SSSR count). The summed E-state index contributed by atoms with van der Waals surface area (Å²) in [4.78, 5) is 24.9. The average Bonchev–Trinajstić information content (AvgIpc) is 2.66. The number of nitrogens with one attached hydrogen (secondary N) is 1. The lowest BCUT2D eigenvalue weighted by Gasteiger charge is -2.15. The summed E-state index contributed by atoms with van der Waals surface area (Å²) in [5.41, 5.74) is -0.213. The van der Waals surface area contributed by atoms with Gasteiger partial charge in [-0.15, -0.1) is 5.10 Å². The van der Waals surface area contributed by atoms with Gasteiger partial charge in [0, 0.05) is 20.6 Å². The van der Waals surface area contributed by atoms with E-state index in [9.17, 15) is 9.59 Å². The van der Waals surface area contributed by atoms with E-state index in [0.29, 0.717) is 11.7 Å². The van der Waals surface area contributed by atoms with Crippen molar-refractivity contribution in [1.29, 1.82) is 0 Å². The Morgan fingerprint density at radius 3 is 2.78 bits per heavy atom. The first-order chi connectivity index (χ1) is 8.47. The number of aromatic nitrogens is 3. The van der Waals surface area contributed by atoms with Gasteiger partial charge < -0.3 is 4.90 Å². The number of hydrogen-bond donors (Lipinski definition) is 1. The first-order valence-electron chi connectivity index (χ1n) is 6.00. The zero-order valence-electron chi connectivity index (χ0n) is 11.3. The summed E-state index contributed by atoms with van der Waals surface area (Å²) in [6, 6.07) is 0. The second kappa shape index (κ2) is 6.63. The summed E-state index contributed by atoms with van der Waals surface area (Å²) in [6.45, 7) is 4.52. The van der Waals surface area contributed by atoms with Gasteiger partial charge in [-0.1, -0.05) is 25.1 Å². The summed E-state index contributed by atoms with van der Waals surface area (Å²) in [7, 11) is 3.43. The number of aromatic amines is 1. The lowest BCUT2D eigenvalue weighted by Crippen LogP contribution is -2.30. The molecule has 0 aliphatic heterocycles. The van der Waals surface area contributed by atoms with Crippen LogP contribution in [0.2, 0.25) is 0 Å². The molecule has 1 aromatic heterocycles. The van der Waals surface area contributed by atoms with Crippen LogP contribution in [0.15, 0.2) is 9.95 Å². The minimum Gasteiger partial charge on any atom is -0.348 e. The van der Waals surface area contributed by atoms with Crippen molar-refractivity contribution < 1.29 is 4.79 Å². The summed E-state index contributed by atoms with van der Waals surface area (Å²) in [6.07, 6.45) is 1.93. The van der Waals surface area contributed by atoms with Crippen LogP contribution in [0, 0.1) is 0 Å². The largest absolute Gasteiger partial charge is 0.348 e. The van der Waals surface area contributed by atoms with Gasteiger partial charge in [0.25, 0.3) is 0 Å². The molecule has 7 heteroatoms. The Balaban J connectivity index is 2.78. The molecule has 0 spiro atoms. The zero-order chi connectivity index (χ0) is 13.7. The second-order valence-corrected chi connectivity index (χ2v) is 5.62. The maximum Gasteiger partial charge on any atom is 0.343 e. The standard InChI is InChI=1S/C11H20N4O2S/c1-5-6-7-15-10(17)12-13-11(15)18-8(2)9(16)14(3)4/h8H,5-7H2,1-4H3,(H,12,17)/t8-/m0/s1. The number of thioether (sulfide) groups is 1. The van der Waals surface area contributed by atoms with Crippen LogP contribution >= 0.6 is 11.8 Å². The molecule has 1 atom stereocenters. The summed E-state index contributed by atoms with van der Waals surface area (Å²) in [5, 5.41) is 6.73. The van der Waals surface area contributed by atoms with Gasteiger partial charge in [-0.2, -0.15) is 0 Å². The molecule has 18 heavy (non-hydrogen) atoms. The molecule has 0 aromatic carbocycles. The van der Waals surface area contributed by atoms with Crippen LogP contribution in [0.25, 0.3) is 0 Å². The Hall–Kier alpha value is -1.24. The molecular weight excluding hydrogens is 252 g/mol. The molecule has 0 radical (unpaired) electrons. The Morgan fingerprint density at radius 1 is 1.56 bits per heavy atom. The average molecular weight is 272 g/mol. The van der Waals surface area contributed by atoms with E-state index in [0.717, 1.165) is 12.8 Å². The van der Waals surface area contributed by atoms with Crippen molar-refractivity contribution in [1.82, 2.24) is 19.7 Å². The van der Waals surface area contributed by atoms with Crippen molar-refractivity contribution in [3.05, 3.63) is 10.5 Å². The highest BCUT2D eigenvalue weighted by Gasteiger charge is 2.19. The van der Waals surface area contributed by atoms with Crippen LogP contribution < -0.4 is 5.69 Å². The predicted molar refractivity (Wildman–Crippen MR) is 71.8 cm³/mol. The fourth-order valence-electron chi connectivity index (χ4n) is 1.48. The van der Waals surface area contributed by atoms with Crippen LogP contribution in [-0.2, 0) is 11.3 Å². The van der Waals surface area contributed by atoms with E-state index in [4.69, 9.17) is 0 Å². The number of carbonyl (C=O) groups excluding carboxylic acids is 1. The van der Waals surface area contributed by atoms with E-state index in [-0.39, 0.29) is 16.8 Å². The number of unbranched alkanes of at least 4 members (excludes halogenated alkanes) is 1. The molecule has 0 bridgehead atoms. The van der Waals surface area contributed by atoms with E-state index in [1.165, 1.54) is 11.8 Å². The smallest absolute Gasteiger partial charge is 0.343 e. The van der Waals surface area contributed by atoms with Gasteiger partial charge in [-0.25, -0.2) is 9.89 Å². The summed E-state index contributed by atoms with van der Waals surface area (Å²) in [5.74, 6) is 0.0116. The molecule has 0 aliphatic carbocycles. The summed E-state index contributed by atoms with van der Waals surface area (Å²) < 4.78 is 1.59. The quantitative estimate of drug-likeness (QED) is 0.782. The molecule has 6 nitrogen and oxygen atoms in total. The van der Waals surface area contributed by atoms with Gasteiger partial charge in [0.1, 0.15) is 0 Å². The Labute approximate surface area is 111 Å². The van der Waals surface area contributed by atoms with E-state index in [1.54, 1.807) is 23.6 Å². The SMILES string of the molecule is CCCCn1c(S[C@@H](C)C(=O)N(C)C)n[nH]c1=O. The number of nitrogens with zero attached hydrogens (tertiary/aromatic N) is 3. The minimum atomic E-state index is -0.254. The first-order valence-corrected chi connectivity index (χ1v) is 6.88. The number of hydrogen-bond acceptors (Lipinski definition) is 4. The fourth-order valence-corrected chi connectivity index (χ4v) is 2.51. The van der Waals surface area contributed by atoms with Gasteiger partial charge in [0.05, 0.1) is 5.25 Å². The minimum absolute atomic E-state index is 0.0116. The van der Waals surface area contributed by atoms with Gasteiger partial charge in [0.2, 0.25) is 5.91 Å². The predicted octanol–water partition coefficient (Wildman–Crippen LogP) is 0.940. The van der Waals surface area contributed by atoms with E-state index in [1.807, 2.05) is 6.92 Å². The highest BCUT2D eigenvalue weighted by Crippen LogP contribution is 2.21. The van der Waals surface area contributed by atoms with Gasteiger partial charge in [-0.05, 0) is 13.3 Å². The molecule has 0 saturated heterocycles. The Bertz CT molecular complexity index is 452. The maximum absolute atomic E-state index is 11.8. The normalized spacial score (nSPS) is 12.4. The molecule has 1 amide bonds. The molecule has 1 heterocycles. The molecule has 1 aromatic rings. The topological polar surface area (TPSA) is 71.0 Å². The van der Waals surface area contributed by atoms with E-state index >= 15 is 0 Å². The third-order valence-electron chi connectivity index (χ3n) is 2.53. The van der Waals surface area contributed by atoms with Crippen LogP contribution in [0.1, 0.15) is 26.7 Å². The van der Waals surface area contributed by atoms with Crippen LogP contribution in [-0.4, -0.2) is 44.9 Å². The van der Waals surface area contributed by atoms with Crippen LogP contribution in [0.3, 0.4) is 0 Å². The van der Waals surface area contributed by atoms with Crippen molar-refractivity contribution in [3.8, 4) is 0 Å². The molecule has 1 N–H and O–H groups in total. The van der Waals surface area contributed by atoms with E-state index < -0.39 is 0 Å². The van der Waals surface area contributed by atoms with Gasteiger partial charge in [-0.3, -0.25) is 9.36 Å². The lowest BCUT2D eigenvalue weighted by atomic mass is 10.3. The molecule has 0 fully saturated rings. The maximum atomic E-state index is 11.8. The Kier molecular flexibility index (Phi) is 5.46. The van der Waals surface area contributed by atoms with Crippen molar-refractivity contribution in [2.24, 2.45) is 0 Å². The van der Waals surface area contributed by atoms with Crippen LogP contribution in [0.5, 0.6) is 0 Å². The highest BCUT2D eigenvalue weighted by atomic mass is 32.2. The third kappa shape index (κ3) is 3.63. The number of carbonyl (C=O) groups is 1. The van der Waals surface area contributed by atoms with Crippen molar-refractivity contribution >= 4 is 17.7 Å². The second-order valence-electron chi connectivity index (χ2n) is 4.31. The lowest BCUT2D eigenvalue weighted by molar-refractivity contribution is -0.127. The van der Waals surface area contributed by atoms with Crippen LogP contribution in [0.4, 0.5) is 0 Å². The highest BCUT2D eigenvalue weighted by molar-refractivity contribution is 8.00. The number of rotatable bonds is 6. The molecule has 0 saturated carbocycles. The number of H-pyrrole nitrogens is 1. The first kappa shape index (κ1) is 14.8. The molecular formula is C11H20N4O2S. The molecule has 0 aliphatic rings. The number of amides is 1. The summed E-state index contributed by atoms with van der Waals surface area (Å²) >= 11 is 1.31. The monoisotopic (exact) mass is 272 g/mol. The molecule has 102 valence electrons. The van der Waals surface area contributed by atoms with Gasteiger partial charge >= 0.3 is 5.69 Å². The van der Waals surface area contributed by atoms with Crippen molar-refractivity contribution in [2.45, 2.75) is 43.6 Å². The zero-order valence-corrected chi connectivity index (χ0v) is 12.1. The van der Waals surface area contributed by atoms with Crippen molar-refractivity contribution in [3.63, 3.8) is 0 Å².